The van der Waals surface area contributed by atoms with Crippen LogP contribution in [0, 0.1) is 0 Å². The Bertz CT molecular complexity index is 782. The zero-order valence-corrected chi connectivity index (χ0v) is 18.3. The van der Waals surface area contributed by atoms with E-state index in [9.17, 15) is 24.3 Å². The summed E-state index contributed by atoms with van der Waals surface area (Å²) in [5.41, 5.74) is -0.470. The average molecular weight is 433 g/mol. The topological polar surface area (TPSA) is 113 Å². The maximum absolute atomic E-state index is 12.9. The summed E-state index contributed by atoms with van der Waals surface area (Å²) in [6.45, 7) is 3.47. The van der Waals surface area contributed by atoms with Crippen molar-refractivity contribution in [1.29, 1.82) is 0 Å². The summed E-state index contributed by atoms with van der Waals surface area (Å²) in [7, 11) is 0. The number of nitrogens with zero attached hydrogens (tertiary/aromatic N) is 1. The van der Waals surface area contributed by atoms with Gasteiger partial charge in [0.15, 0.2) is 11.9 Å². The van der Waals surface area contributed by atoms with Gasteiger partial charge in [0.2, 0.25) is 5.91 Å². The number of unbranched alkanes of at least 4 members (excludes halogenated alkanes) is 3. The Kier molecular flexibility index (Phi) is 9.03. The van der Waals surface area contributed by atoms with Gasteiger partial charge in [-0.25, -0.2) is 9.59 Å². The summed E-state index contributed by atoms with van der Waals surface area (Å²) in [5.74, 6) is -2.26. The molecule has 0 aliphatic carbocycles. The first-order chi connectivity index (χ1) is 14.8. The van der Waals surface area contributed by atoms with Crippen LogP contribution in [0.2, 0.25) is 0 Å². The lowest BCUT2D eigenvalue weighted by atomic mass is 9.98. The number of aryl methyl sites for hydroxylation is 1. The molecule has 0 saturated carbocycles. The second kappa shape index (κ2) is 11.5. The van der Waals surface area contributed by atoms with Gasteiger partial charge in [0, 0.05) is 12.8 Å². The highest BCUT2D eigenvalue weighted by molar-refractivity contribution is 6.02. The fourth-order valence-corrected chi connectivity index (χ4v) is 3.70. The van der Waals surface area contributed by atoms with Crippen molar-refractivity contribution in [2.45, 2.75) is 76.9 Å². The summed E-state index contributed by atoms with van der Waals surface area (Å²) in [6.07, 6.45) is 2.26. The average Bonchev–Trinajstić information content (AvgIpc) is 2.99. The molecule has 1 aliphatic heterocycles. The van der Waals surface area contributed by atoms with Gasteiger partial charge in [-0.05, 0) is 38.2 Å². The third kappa shape index (κ3) is 6.54. The third-order valence-electron chi connectivity index (χ3n) is 5.53. The third-order valence-corrected chi connectivity index (χ3v) is 5.53. The van der Waals surface area contributed by atoms with Crippen molar-refractivity contribution in [3.8, 4) is 0 Å². The van der Waals surface area contributed by atoms with E-state index < -0.39 is 35.5 Å². The lowest BCUT2D eigenvalue weighted by Gasteiger charge is -2.34. The van der Waals surface area contributed by atoms with Crippen molar-refractivity contribution in [3.05, 3.63) is 35.9 Å². The number of rotatable bonds is 11. The highest BCUT2D eigenvalue weighted by Crippen LogP contribution is 2.32. The molecule has 0 bridgehead atoms. The molecule has 0 aromatic heterocycles. The van der Waals surface area contributed by atoms with Crippen LogP contribution in [0.1, 0.15) is 64.4 Å². The maximum Gasteiger partial charge on any atom is 0.409 e. The minimum Gasteiger partial charge on any atom is -0.479 e. The van der Waals surface area contributed by atoms with E-state index in [0.29, 0.717) is 12.8 Å². The second-order valence-electron chi connectivity index (χ2n) is 8.07. The summed E-state index contributed by atoms with van der Waals surface area (Å²) < 4.78 is 5.02. The van der Waals surface area contributed by atoms with Gasteiger partial charge in [-0.1, -0.05) is 50.1 Å². The first kappa shape index (κ1) is 24.4. The molecule has 2 N–H and O–H groups in total. The van der Waals surface area contributed by atoms with Crippen molar-refractivity contribution < 1.29 is 29.0 Å². The van der Waals surface area contributed by atoms with E-state index >= 15 is 0 Å². The number of ether oxygens (including phenoxy) is 1. The van der Waals surface area contributed by atoms with E-state index in [4.69, 9.17) is 4.74 Å². The van der Waals surface area contributed by atoms with Crippen LogP contribution in [-0.4, -0.2) is 52.1 Å². The van der Waals surface area contributed by atoms with E-state index in [1.807, 2.05) is 25.1 Å². The number of carboxylic acid groups (broad SMARTS) is 1. The molecule has 8 heteroatoms. The SMILES string of the molecule is CCCCOC(=O)NC1C(=O)C[C@@](C)(C(=O)O)N1C(=O)CCCCCc1ccccc1. The molecule has 2 atom stereocenters. The molecule has 1 aliphatic rings. The molecule has 1 heterocycles. The van der Waals surface area contributed by atoms with Crippen LogP contribution in [0.15, 0.2) is 30.3 Å². The minimum atomic E-state index is -1.69. The number of benzene rings is 1. The molecule has 1 unspecified atom stereocenters. The van der Waals surface area contributed by atoms with Crippen LogP contribution >= 0.6 is 0 Å². The number of nitrogens with one attached hydrogen (secondary N) is 1. The van der Waals surface area contributed by atoms with Gasteiger partial charge in [0.05, 0.1) is 6.61 Å². The Balaban J connectivity index is 1.95. The number of likely N-dealkylation sites (tertiary alicyclic amines) is 1. The van der Waals surface area contributed by atoms with Crippen LogP contribution in [0.25, 0.3) is 0 Å². The van der Waals surface area contributed by atoms with Gasteiger partial charge in [-0.2, -0.15) is 0 Å². The lowest BCUT2D eigenvalue weighted by molar-refractivity contribution is -0.157. The van der Waals surface area contributed by atoms with Crippen LogP contribution in [0.3, 0.4) is 0 Å². The zero-order chi connectivity index (χ0) is 22.9. The van der Waals surface area contributed by atoms with Gasteiger partial charge in [0.25, 0.3) is 0 Å². The van der Waals surface area contributed by atoms with Gasteiger partial charge >= 0.3 is 12.1 Å². The Morgan fingerprint density at radius 3 is 2.52 bits per heavy atom. The Morgan fingerprint density at radius 2 is 1.87 bits per heavy atom. The number of hydrogen-bond donors (Lipinski definition) is 2. The van der Waals surface area contributed by atoms with E-state index in [1.165, 1.54) is 12.5 Å². The fourth-order valence-electron chi connectivity index (χ4n) is 3.70. The maximum atomic E-state index is 12.9. The molecular formula is C23H32N2O6. The normalized spacial score (nSPS) is 20.5. The number of carbonyl (C=O) groups is 4. The van der Waals surface area contributed by atoms with E-state index in [2.05, 4.69) is 17.4 Å². The molecule has 1 aromatic carbocycles. The smallest absolute Gasteiger partial charge is 0.409 e. The van der Waals surface area contributed by atoms with Gasteiger partial charge in [0.1, 0.15) is 5.54 Å². The molecular weight excluding hydrogens is 400 g/mol. The number of amides is 2. The number of alkyl carbamates (subject to hydrolysis) is 1. The van der Waals surface area contributed by atoms with Crippen molar-refractivity contribution in [3.63, 3.8) is 0 Å². The van der Waals surface area contributed by atoms with E-state index in [1.54, 1.807) is 0 Å². The van der Waals surface area contributed by atoms with Gasteiger partial charge in [-0.15, -0.1) is 0 Å². The van der Waals surface area contributed by atoms with Crippen molar-refractivity contribution in [2.24, 2.45) is 0 Å². The summed E-state index contributed by atoms with van der Waals surface area (Å²) in [5, 5.41) is 12.1. The van der Waals surface area contributed by atoms with Crippen LogP contribution in [-0.2, 0) is 25.5 Å². The van der Waals surface area contributed by atoms with Crippen molar-refractivity contribution in [1.82, 2.24) is 10.2 Å². The molecule has 170 valence electrons. The summed E-state index contributed by atoms with van der Waals surface area (Å²) in [4.78, 5) is 50.3. The Labute approximate surface area is 182 Å². The first-order valence-corrected chi connectivity index (χ1v) is 10.8. The predicted molar refractivity (Wildman–Crippen MR) is 114 cm³/mol. The van der Waals surface area contributed by atoms with E-state index in [-0.39, 0.29) is 19.4 Å². The number of hydrogen-bond acceptors (Lipinski definition) is 5. The number of Topliss-reactive ketones (excluding diaryl/α,β-unsaturated/α-hetero) is 1. The summed E-state index contributed by atoms with van der Waals surface area (Å²) in [6, 6.07) is 10.0. The molecule has 0 radical (unpaired) electrons. The van der Waals surface area contributed by atoms with Gasteiger partial charge in [-0.3, -0.25) is 19.8 Å². The van der Waals surface area contributed by atoms with E-state index in [0.717, 1.165) is 30.6 Å². The quantitative estimate of drug-likeness (QED) is 0.519. The molecule has 1 aromatic rings. The zero-order valence-electron chi connectivity index (χ0n) is 18.3. The largest absolute Gasteiger partial charge is 0.479 e. The Hall–Kier alpha value is -2.90. The van der Waals surface area contributed by atoms with Crippen LogP contribution in [0.4, 0.5) is 4.79 Å². The molecule has 1 fully saturated rings. The fraction of sp³-hybridized carbons (Fsp3) is 0.565. The van der Waals surface area contributed by atoms with Crippen LogP contribution < -0.4 is 5.32 Å². The highest BCUT2D eigenvalue weighted by atomic mass is 16.5. The summed E-state index contributed by atoms with van der Waals surface area (Å²) >= 11 is 0. The molecule has 2 amide bonds. The van der Waals surface area contributed by atoms with Crippen molar-refractivity contribution >= 4 is 23.8 Å². The molecule has 1 saturated heterocycles. The van der Waals surface area contributed by atoms with Gasteiger partial charge < -0.3 is 9.84 Å². The second-order valence-corrected chi connectivity index (χ2v) is 8.07. The number of carboxylic acids is 1. The number of ketones is 1. The number of carbonyl (C=O) groups excluding carboxylic acids is 3. The Morgan fingerprint density at radius 1 is 1.16 bits per heavy atom. The molecule has 31 heavy (non-hydrogen) atoms. The monoisotopic (exact) mass is 432 g/mol. The number of aliphatic carboxylic acids is 1. The molecule has 0 spiro atoms. The predicted octanol–water partition coefficient (Wildman–Crippen LogP) is 3.29. The highest BCUT2D eigenvalue weighted by Gasteiger charge is 2.55. The molecule has 2 rings (SSSR count). The lowest BCUT2D eigenvalue weighted by Crippen LogP contribution is -2.58. The van der Waals surface area contributed by atoms with Crippen molar-refractivity contribution in [2.75, 3.05) is 6.61 Å². The standard InChI is InChI=1S/C23H32N2O6/c1-3-4-15-31-22(30)24-20-18(26)16-23(2,21(28)29)25(20)19(27)14-10-6-9-13-17-11-7-5-8-12-17/h5,7-8,11-12,20H,3-4,6,9-10,13-16H2,1-2H3,(H,24,30)(H,28,29)/t20?,23-/m0/s1. The minimum absolute atomic E-state index is 0.105. The molecule has 8 nitrogen and oxygen atoms in total. The van der Waals surface area contributed by atoms with Crippen LogP contribution in [0.5, 0.6) is 0 Å². The first-order valence-electron chi connectivity index (χ1n) is 10.8.